The van der Waals surface area contributed by atoms with Crippen molar-refractivity contribution in [2.45, 2.75) is 45.6 Å². The van der Waals surface area contributed by atoms with E-state index < -0.39 is 6.04 Å². The molecule has 1 heterocycles. The Morgan fingerprint density at radius 2 is 2.31 bits per heavy atom. The first kappa shape index (κ1) is 12.9. The summed E-state index contributed by atoms with van der Waals surface area (Å²) in [6.45, 7) is 4.14. The molecule has 90 valence electrons. The van der Waals surface area contributed by atoms with Gasteiger partial charge in [0, 0.05) is 24.2 Å². The van der Waals surface area contributed by atoms with E-state index in [2.05, 4.69) is 16.9 Å². The zero-order valence-corrected chi connectivity index (χ0v) is 10.1. The summed E-state index contributed by atoms with van der Waals surface area (Å²) in [6, 6.07) is -0.406. The maximum atomic E-state index is 12.0. The minimum absolute atomic E-state index is 0.114. The molecule has 0 aromatic carbocycles. The molecule has 2 atom stereocenters. The number of nitrogens with one attached hydrogen (secondary N) is 1. The number of imidazole rings is 1. The number of carbonyl (C=O) groups is 1. The number of rotatable bonds is 7. The monoisotopic (exact) mass is 223 g/mol. The number of ketones is 1. The van der Waals surface area contributed by atoms with Gasteiger partial charge in [-0.3, -0.25) is 4.79 Å². The van der Waals surface area contributed by atoms with Crippen molar-refractivity contribution in [1.29, 1.82) is 0 Å². The number of H-pyrrole nitrogens is 1. The van der Waals surface area contributed by atoms with Crippen LogP contribution in [0.2, 0.25) is 0 Å². The minimum Gasteiger partial charge on any atom is -0.348 e. The van der Waals surface area contributed by atoms with Crippen LogP contribution in [0.4, 0.5) is 0 Å². The molecule has 0 radical (unpaired) electrons. The third-order valence-corrected chi connectivity index (χ3v) is 2.89. The highest BCUT2D eigenvalue weighted by Crippen LogP contribution is 2.14. The molecule has 0 fully saturated rings. The normalized spacial score (nSPS) is 14.7. The third kappa shape index (κ3) is 3.45. The predicted octanol–water partition coefficient (Wildman–Crippen LogP) is 1.67. The summed E-state index contributed by atoms with van der Waals surface area (Å²) in [5, 5.41) is 0. The fraction of sp³-hybridized carbons (Fsp3) is 0.667. The van der Waals surface area contributed by atoms with Crippen molar-refractivity contribution in [3.63, 3.8) is 0 Å². The average molecular weight is 223 g/mol. The average Bonchev–Trinajstić information content (AvgIpc) is 2.77. The van der Waals surface area contributed by atoms with E-state index in [1.807, 2.05) is 6.92 Å². The second-order valence-corrected chi connectivity index (χ2v) is 4.18. The topological polar surface area (TPSA) is 71.8 Å². The second kappa shape index (κ2) is 6.43. The molecule has 4 heteroatoms. The van der Waals surface area contributed by atoms with Crippen LogP contribution < -0.4 is 5.73 Å². The minimum atomic E-state index is -0.406. The van der Waals surface area contributed by atoms with Gasteiger partial charge in [0.25, 0.3) is 0 Å². The van der Waals surface area contributed by atoms with Crippen LogP contribution in [0.3, 0.4) is 0 Å². The molecule has 4 nitrogen and oxygen atoms in total. The van der Waals surface area contributed by atoms with E-state index in [0.717, 1.165) is 25.0 Å². The van der Waals surface area contributed by atoms with Gasteiger partial charge in [-0.05, 0) is 12.8 Å². The lowest BCUT2D eigenvalue weighted by Crippen LogP contribution is -2.37. The Bertz CT molecular complexity index is 308. The number of carbonyl (C=O) groups excluding carboxylic acids is 1. The van der Waals surface area contributed by atoms with Crippen LogP contribution in [0, 0.1) is 5.92 Å². The summed E-state index contributed by atoms with van der Waals surface area (Å²) in [7, 11) is 0. The fourth-order valence-electron chi connectivity index (χ4n) is 1.93. The fourth-order valence-corrected chi connectivity index (χ4v) is 1.93. The second-order valence-electron chi connectivity index (χ2n) is 4.18. The van der Waals surface area contributed by atoms with Gasteiger partial charge in [0.2, 0.25) is 0 Å². The van der Waals surface area contributed by atoms with Crippen molar-refractivity contribution in [2.75, 3.05) is 0 Å². The van der Waals surface area contributed by atoms with Crippen LogP contribution in [0.5, 0.6) is 0 Å². The van der Waals surface area contributed by atoms with Crippen LogP contribution in [-0.2, 0) is 11.2 Å². The molecule has 0 aliphatic carbocycles. The van der Waals surface area contributed by atoms with Gasteiger partial charge in [-0.1, -0.05) is 20.3 Å². The SMILES string of the molecule is CCCC(CC)C(=O)[C@H](N)Cc1cnc[nH]1. The Hall–Kier alpha value is -1.16. The van der Waals surface area contributed by atoms with E-state index >= 15 is 0 Å². The number of aromatic nitrogens is 2. The van der Waals surface area contributed by atoms with Crippen LogP contribution >= 0.6 is 0 Å². The van der Waals surface area contributed by atoms with E-state index in [1.165, 1.54) is 0 Å². The van der Waals surface area contributed by atoms with Gasteiger partial charge in [0.05, 0.1) is 12.4 Å². The summed E-state index contributed by atoms with van der Waals surface area (Å²) in [4.78, 5) is 18.9. The Labute approximate surface area is 96.6 Å². The summed E-state index contributed by atoms with van der Waals surface area (Å²) >= 11 is 0. The maximum absolute atomic E-state index is 12.0. The number of nitrogens with zero attached hydrogens (tertiary/aromatic N) is 1. The van der Waals surface area contributed by atoms with E-state index in [9.17, 15) is 4.79 Å². The number of aromatic amines is 1. The number of hydrogen-bond acceptors (Lipinski definition) is 3. The molecule has 0 amide bonds. The maximum Gasteiger partial charge on any atom is 0.152 e. The highest BCUT2D eigenvalue weighted by Gasteiger charge is 2.22. The van der Waals surface area contributed by atoms with Crippen molar-refractivity contribution in [3.05, 3.63) is 18.2 Å². The molecule has 0 bridgehead atoms. The Morgan fingerprint density at radius 1 is 1.56 bits per heavy atom. The molecule has 0 spiro atoms. The summed E-state index contributed by atoms with van der Waals surface area (Å²) in [6.07, 6.45) is 6.72. The van der Waals surface area contributed by atoms with Crippen LogP contribution in [0.25, 0.3) is 0 Å². The zero-order chi connectivity index (χ0) is 12.0. The molecule has 0 aliphatic heterocycles. The van der Waals surface area contributed by atoms with Gasteiger partial charge >= 0.3 is 0 Å². The Morgan fingerprint density at radius 3 is 2.81 bits per heavy atom. The first-order chi connectivity index (χ1) is 7.69. The van der Waals surface area contributed by atoms with Crippen molar-refractivity contribution >= 4 is 5.78 Å². The molecular formula is C12H21N3O. The molecule has 1 rings (SSSR count). The molecule has 1 aromatic heterocycles. The lowest BCUT2D eigenvalue weighted by molar-refractivity contribution is -0.124. The van der Waals surface area contributed by atoms with Gasteiger partial charge in [-0.2, -0.15) is 0 Å². The molecule has 3 N–H and O–H groups in total. The van der Waals surface area contributed by atoms with E-state index in [1.54, 1.807) is 12.5 Å². The lowest BCUT2D eigenvalue weighted by atomic mass is 9.90. The zero-order valence-electron chi connectivity index (χ0n) is 10.1. The Balaban J connectivity index is 2.52. The molecule has 0 saturated heterocycles. The molecular weight excluding hydrogens is 202 g/mol. The smallest absolute Gasteiger partial charge is 0.152 e. The Kier molecular flexibility index (Phi) is 5.19. The molecule has 1 aromatic rings. The van der Waals surface area contributed by atoms with Crippen molar-refractivity contribution in [3.8, 4) is 0 Å². The number of nitrogens with two attached hydrogens (primary N) is 1. The van der Waals surface area contributed by atoms with Crippen molar-refractivity contribution in [2.24, 2.45) is 11.7 Å². The van der Waals surface area contributed by atoms with Crippen molar-refractivity contribution < 1.29 is 4.79 Å². The lowest BCUT2D eigenvalue weighted by Gasteiger charge is -2.17. The largest absolute Gasteiger partial charge is 0.348 e. The quantitative estimate of drug-likeness (QED) is 0.738. The predicted molar refractivity (Wildman–Crippen MR) is 64.0 cm³/mol. The van der Waals surface area contributed by atoms with Crippen LogP contribution in [0.15, 0.2) is 12.5 Å². The van der Waals surface area contributed by atoms with Crippen LogP contribution in [-0.4, -0.2) is 21.8 Å². The standard InChI is InChI=1S/C12H21N3O/c1-3-5-9(4-2)12(16)11(13)6-10-7-14-8-15-10/h7-9,11H,3-6,13H2,1-2H3,(H,14,15)/t9?,11-/m1/s1. The summed E-state index contributed by atoms with van der Waals surface area (Å²) in [5.74, 6) is 0.293. The van der Waals surface area contributed by atoms with Gasteiger partial charge in [-0.15, -0.1) is 0 Å². The first-order valence-corrected chi connectivity index (χ1v) is 5.95. The van der Waals surface area contributed by atoms with Gasteiger partial charge < -0.3 is 10.7 Å². The van der Waals surface area contributed by atoms with E-state index in [-0.39, 0.29) is 11.7 Å². The number of Topliss-reactive ketones (excluding diaryl/α,β-unsaturated/α-hetero) is 1. The highest BCUT2D eigenvalue weighted by atomic mass is 16.1. The summed E-state index contributed by atoms with van der Waals surface area (Å²) in [5.41, 5.74) is 6.84. The molecule has 1 unspecified atom stereocenters. The van der Waals surface area contributed by atoms with Gasteiger partial charge in [0.15, 0.2) is 5.78 Å². The van der Waals surface area contributed by atoms with E-state index in [0.29, 0.717) is 6.42 Å². The highest BCUT2D eigenvalue weighted by molar-refractivity contribution is 5.86. The number of hydrogen-bond donors (Lipinski definition) is 2. The molecule has 0 saturated carbocycles. The van der Waals surface area contributed by atoms with Gasteiger partial charge in [-0.25, -0.2) is 4.98 Å². The first-order valence-electron chi connectivity index (χ1n) is 5.95. The molecule has 16 heavy (non-hydrogen) atoms. The molecule has 0 aliphatic rings. The van der Waals surface area contributed by atoms with E-state index in [4.69, 9.17) is 5.73 Å². The van der Waals surface area contributed by atoms with Crippen molar-refractivity contribution in [1.82, 2.24) is 9.97 Å². The third-order valence-electron chi connectivity index (χ3n) is 2.89. The summed E-state index contributed by atoms with van der Waals surface area (Å²) < 4.78 is 0. The van der Waals surface area contributed by atoms with Crippen LogP contribution in [0.1, 0.15) is 38.8 Å². The van der Waals surface area contributed by atoms with Gasteiger partial charge in [0.1, 0.15) is 0 Å².